The van der Waals surface area contributed by atoms with Gasteiger partial charge >= 0.3 is 5.97 Å². The van der Waals surface area contributed by atoms with E-state index in [1.165, 1.54) is 5.56 Å². The van der Waals surface area contributed by atoms with Gasteiger partial charge in [0, 0.05) is 22.4 Å². The van der Waals surface area contributed by atoms with Gasteiger partial charge in [-0.15, -0.1) is 0 Å². The van der Waals surface area contributed by atoms with E-state index in [1.807, 2.05) is 42.7 Å². The van der Waals surface area contributed by atoms with Gasteiger partial charge in [-0.2, -0.15) is 0 Å². The van der Waals surface area contributed by atoms with Gasteiger partial charge in [0.05, 0.1) is 5.56 Å². The van der Waals surface area contributed by atoms with Crippen LogP contribution in [-0.4, -0.2) is 11.1 Å². The lowest BCUT2D eigenvalue weighted by molar-refractivity contribution is -0.687. The predicted octanol–water partition coefficient (Wildman–Crippen LogP) is 2.87. The number of carbonyl (C=O) groups is 1. The fraction of sp³-hybridized carbons (Fsp3) is 0.0588. The van der Waals surface area contributed by atoms with E-state index >= 15 is 0 Å². The van der Waals surface area contributed by atoms with Crippen LogP contribution in [-0.2, 0) is 6.54 Å². The second-order valence-corrected chi connectivity index (χ2v) is 4.72. The van der Waals surface area contributed by atoms with Crippen LogP contribution in [0, 0.1) is 0 Å². The molecule has 3 rings (SSSR count). The van der Waals surface area contributed by atoms with Crippen molar-refractivity contribution in [2.24, 2.45) is 0 Å². The average molecular weight is 264 g/mol. The number of carboxylic acid groups (broad SMARTS) is 1. The summed E-state index contributed by atoms with van der Waals surface area (Å²) in [6.45, 7) is 0.772. The number of aromatic nitrogens is 1. The van der Waals surface area contributed by atoms with Gasteiger partial charge in [0.1, 0.15) is 0 Å². The Balaban J connectivity index is 2.01. The molecular formula is C17H14NO2+. The quantitative estimate of drug-likeness (QED) is 0.739. The molecule has 0 fully saturated rings. The Bertz CT molecular complexity index is 766. The van der Waals surface area contributed by atoms with E-state index in [-0.39, 0.29) is 0 Å². The predicted molar refractivity (Wildman–Crippen MR) is 76.6 cm³/mol. The number of pyridine rings is 1. The molecule has 3 nitrogen and oxygen atoms in total. The van der Waals surface area contributed by atoms with Crippen molar-refractivity contribution in [3.8, 4) is 0 Å². The van der Waals surface area contributed by atoms with E-state index in [0.717, 1.165) is 17.3 Å². The summed E-state index contributed by atoms with van der Waals surface area (Å²) in [5, 5.41) is 10.9. The first-order chi connectivity index (χ1) is 9.74. The molecule has 0 unspecified atom stereocenters. The Labute approximate surface area is 116 Å². The third-order valence-corrected chi connectivity index (χ3v) is 3.32. The Kier molecular flexibility index (Phi) is 3.17. The summed E-state index contributed by atoms with van der Waals surface area (Å²) in [6, 6.07) is 17.4. The minimum atomic E-state index is -0.892. The van der Waals surface area contributed by atoms with Crippen LogP contribution in [0.15, 0.2) is 67.0 Å². The summed E-state index contributed by atoms with van der Waals surface area (Å²) in [4.78, 5) is 11.2. The Morgan fingerprint density at radius 1 is 1.00 bits per heavy atom. The van der Waals surface area contributed by atoms with Crippen LogP contribution in [0.25, 0.3) is 10.8 Å². The summed E-state index contributed by atoms with van der Waals surface area (Å²) < 4.78 is 2.06. The van der Waals surface area contributed by atoms with Gasteiger partial charge in [-0.25, -0.2) is 9.36 Å². The first-order valence-corrected chi connectivity index (χ1v) is 6.43. The van der Waals surface area contributed by atoms with Crippen LogP contribution >= 0.6 is 0 Å². The molecule has 0 saturated heterocycles. The van der Waals surface area contributed by atoms with E-state index in [0.29, 0.717) is 5.56 Å². The van der Waals surface area contributed by atoms with Gasteiger partial charge in [0.25, 0.3) is 0 Å². The van der Waals surface area contributed by atoms with E-state index < -0.39 is 5.97 Å². The van der Waals surface area contributed by atoms with Crippen LogP contribution < -0.4 is 4.57 Å². The van der Waals surface area contributed by atoms with Crippen LogP contribution in [0.2, 0.25) is 0 Å². The smallest absolute Gasteiger partial charge is 0.336 e. The minimum Gasteiger partial charge on any atom is -0.478 e. The molecule has 0 atom stereocenters. The highest BCUT2D eigenvalue weighted by Crippen LogP contribution is 2.16. The molecule has 2 aromatic carbocycles. The maximum Gasteiger partial charge on any atom is 0.336 e. The molecule has 3 aromatic rings. The van der Waals surface area contributed by atoms with Gasteiger partial charge in [-0.3, -0.25) is 0 Å². The maximum atomic E-state index is 11.2. The maximum absolute atomic E-state index is 11.2. The largest absolute Gasteiger partial charge is 0.478 e. The molecule has 0 saturated carbocycles. The molecule has 0 radical (unpaired) electrons. The van der Waals surface area contributed by atoms with Gasteiger partial charge in [0.2, 0.25) is 0 Å². The third kappa shape index (κ3) is 2.38. The summed E-state index contributed by atoms with van der Waals surface area (Å²) in [5.41, 5.74) is 1.56. The van der Waals surface area contributed by atoms with Gasteiger partial charge in [-0.05, 0) is 12.1 Å². The topological polar surface area (TPSA) is 41.2 Å². The highest BCUT2D eigenvalue weighted by molar-refractivity contribution is 6.03. The van der Waals surface area contributed by atoms with E-state index in [1.54, 1.807) is 12.1 Å². The van der Waals surface area contributed by atoms with Crippen LogP contribution in [0.4, 0.5) is 0 Å². The van der Waals surface area contributed by atoms with Crippen molar-refractivity contribution < 1.29 is 14.5 Å². The van der Waals surface area contributed by atoms with Crippen molar-refractivity contribution >= 4 is 16.7 Å². The fourth-order valence-corrected chi connectivity index (χ4v) is 2.35. The van der Waals surface area contributed by atoms with Crippen LogP contribution in [0.3, 0.4) is 0 Å². The molecule has 20 heavy (non-hydrogen) atoms. The minimum absolute atomic E-state index is 0.342. The highest BCUT2D eigenvalue weighted by Gasteiger charge is 2.11. The van der Waals surface area contributed by atoms with E-state index in [4.69, 9.17) is 0 Å². The molecule has 98 valence electrons. The molecule has 0 aliphatic rings. The number of fused-ring (bicyclic) bond motifs is 1. The third-order valence-electron chi connectivity index (χ3n) is 3.32. The van der Waals surface area contributed by atoms with Crippen molar-refractivity contribution in [1.82, 2.24) is 0 Å². The number of benzene rings is 2. The molecule has 1 heterocycles. The lowest BCUT2D eigenvalue weighted by Gasteiger charge is -2.02. The monoisotopic (exact) mass is 264 g/mol. The molecule has 1 N–H and O–H groups in total. The SMILES string of the molecule is O=C(O)c1cccc2c[n+](Cc3ccccc3)ccc12. The highest BCUT2D eigenvalue weighted by atomic mass is 16.4. The second kappa shape index (κ2) is 5.13. The zero-order valence-corrected chi connectivity index (χ0v) is 10.9. The van der Waals surface area contributed by atoms with E-state index in [2.05, 4.69) is 16.7 Å². The lowest BCUT2D eigenvalue weighted by Crippen LogP contribution is -2.33. The molecule has 0 aliphatic carbocycles. The van der Waals surface area contributed by atoms with Crippen LogP contribution in [0.1, 0.15) is 15.9 Å². The Hall–Kier alpha value is -2.68. The Morgan fingerprint density at radius 3 is 2.55 bits per heavy atom. The van der Waals surface area contributed by atoms with Gasteiger partial charge in [-0.1, -0.05) is 36.4 Å². The molecule has 0 aliphatic heterocycles. The first kappa shape index (κ1) is 12.4. The Morgan fingerprint density at radius 2 is 1.80 bits per heavy atom. The first-order valence-electron chi connectivity index (χ1n) is 6.43. The standard InChI is InChI=1S/C17H13NO2/c19-17(20)16-8-4-7-14-12-18(10-9-15(14)16)11-13-5-2-1-3-6-13/h1-10,12H,11H2/p+1. The number of carboxylic acids is 1. The average Bonchev–Trinajstić information content (AvgIpc) is 2.47. The van der Waals surface area contributed by atoms with E-state index in [9.17, 15) is 9.90 Å². The summed E-state index contributed by atoms with van der Waals surface area (Å²) in [5.74, 6) is -0.892. The molecule has 1 aromatic heterocycles. The fourth-order valence-electron chi connectivity index (χ4n) is 2.35. The zero-order valence-electron chi connectivity index (χ0n) is 10.9. The summed E-state index contributed by atoms with van der Waals surface area (Å²) >= 11 is 0. The van der Waals surface area contributed by atoms with Crippen molar-refractivity contribution in [2.45, 2.75) is 6.54 Å². The van der Waals surface area contributed by atoms with Crippen molar-refractivity contribution in [3.63, 3.8) is 0 Å². The van der Waals surface area contributed by atoms with Gasteiger partial charge in [0.15, 0.2) is 18.9 Å². The lowest BCUT2D eigenvalue weighted by atomic mass is 10.1. The van der Waals surface area contributed by atoms with Crippen molar-refractivity contribution in [3.05, 3.63) is 78.1 Å². The van der Waals surface area contributed by atoms with Crippen molar-refractivity contribution in [2.75, 3.05) is 0 Å². The number of rotatable bonds is 3. The molecule has 0 spiro atoms. The number of hydrogen-bond donors (Lipinski definition) is 1. The number of aromatic carboxylic acids is 1. The number of hydrogen-bond acceptors (Lipinski definition) is 1. The number of nitrogens with zero attached hydrogens (tertiary/aromatic N) is 1. The molecule has 0 bridgehead atoms. The molecule has 3 heteroatoms. The normalized spacial score (nSPS) is 10.6. The summed E-state index contributed by atoms with van der Waals surface area (Å²) in [6.07, 6.45) is 3.90. The zero-order chi connectivity index (χ0) is 13.9. The van der Waals surface area contributed by atoms with Gasteiger partial charge < -0.3 is 5.11 Å². The summed E-state index contributed by atoms with van der Waals surface area (Å²) in [7, 11) is 0. The van der Waals surface area contributed by atoms with Crippen LogP contribution in [0.5, 0.6) is 0 Å². The molecule has 0 amide bonds. The second-order valence-electron chi connectivity index (χ2n) is 4.72. The molecular weight excluding hydrogens is 250 g/mol. The van der Waals surface area contributed by atoms with Crippen molar-refractivity contribution in [1.29, 1.82) is 0 Å².